The number of fused-ring (bicyclic) bond motifs is 1. The van der Waals surface area contributed by atoms with E-state index in [9.17, 15) is 0 Å². The third-order valence-corrected chi connectivity index (χ3v) is 3.13. The van der Waals surface area contributed by atoms with Crippen LogP contribution in [0, 0.1) is 13.8 Å². The smallest absolute Gasteiger partial charge is 0.182 e. The lowest BCUT2D eigenvalue weighted by Crippen LogP contribution is -1.90. The van der Waals surface area contributed by atoms with Gasteiger partial charge in [-0.05, 0) is 37.1 Å². The molecule has 0 saturated carbocycles. The van der Waals surface area contributed by atoms with Crippen molar-refractivity contribution in [2.75, 3.05) is 5.73 Å². The van der Waals surface area contributed by atoms with Gasteiger partial charge in [0.25, 0.3) is 0 Å². The molecule has 1 aromatic carbocycles. The summed E-state index contributed by atoms with van der Waals surface area (Å²) < 4.78 is 1.74. The first-order valence-electron chi connectivity index (χ1n) is 5.83. The molecule has 0 saturated heterocycles. The second kappa shape index (κ2) is 3.84. The molecule has 2 aromatic heterocycles. The number of nitrogen functional groups attached to an aromatic ring is 1. The normalized spacial score (nSPS) is 11.0. The largest absolute Gasteiger partial charge is 0.399 e. The van der Waals surface area contributed by atoms with Crippen LogP contribution in [0.2, 0.25) is 0 Å². The molecule has 90 valence electrons. The van der Waals surface area contributed by atoms with Gasteiger partial charge in [0.15, 0.2) is 11.5 Å². The molecule has 0 aliphatic heterocycles. The molecule has 3 rings (SSSR count). The van der Waals surface area contributed by atoms with Crippen LogP contribution in [0.3, 0.4) is 0 Å². The molecule has 4 heteroatoms. The Kier molecular flexibility index (Phi) is 2.30. The molecular weight excluding hydrogens is 224 g/mol. The van der Waals surface area contributed by atoms with Crippen LogP contribution in [0.15, 0.2) is 36.5 Å². The molecule has 2 N–H and O–H groups in total. The van der Waals surface area contributed by atoms with Crippen LogP contribution in [0.25, 0.3) is 17.0 Å². The first kappa shape index (κ1) is 10.8. The van der Waals surface area contributed by atoms with Crippen molar-refractivity contribution in [2.24, 2.45) is 0 Å². The van der Waals surface area contributed by atoms with Crippen molar-refractivity contribution in [3.05, 3.63) is 47.7 Å². The maximum absolute atomic E-state index is 5.73. The van der Waals surface area contributed by atoms with E-state index in [1.54, 1.807) is 4.52 Å². The molecular formula is C14H14N4. The Bertz CT molecular complexity index is 728. The summed E-state index contributed by atoms with van der Waals surface area (Å²) in [5.74, 6) is 0.726. The Balaban J connectivity index is 2.16. The van der Waals surface area contributed by atoms with Crippen LogP contribution >= 0.6 is 0 Å². The Labute approximate surface area is 105 Å². The minimum atomic E-state index is 0.696. The van der Waals surface area contributed by atoms with Crippen LogP contribution in [0.5, 0.6) is 0 Å². The highest BCUT2D eigenvalue weighted by molar-refractivity contribution is 5.61. The van der Waals surface area contributed by atoms with Crippen LogP contribution in [0.1, 0.15) is 11.1 Å². The fraction of sp³-hybridized carbons (Fsp3) is 0.143. The van der Waals surface area contributed by atoms with E-state index in [0.29, 0.717) is 5.69 Å². The van der Waals surface area contributed by atoms with Gasteiger partial charge in [-0.15, -0.1) is 5.10 Å². The number of hydrogen-bond acceptors (Lipinski definition) is 3. The van der Waals surface area contributed by atoms with Crippen LogP contribution in [-0.2, 0) is 0 Å². The number of benzene rings is 1. The number of nitrogens with zero attached hydrogens (tertiary/aromatic N) is 3. The molecule has 18 heavy (non-hydrogen) atoms. The zero-order valence-corrected chi connectivity index (χ0v) is 10.4. The summed E-state index contributed by atoms with van der Waals surface area (Å²) in [5, 5.41) is 4.44. The highest BCUT2D eigenvalue weighted by Crippen LogP contribution is 2.20. The van der Waals surface area contributed by atoms with Gasteiger partial charge >= 0.3 is 0 Å². The molecule has 0 unspecified atom stereocenters. The Morgan fingerprint density at radius 3 is 2.67 bits per heavy atom. The Hall–Kier alpha value is -2.36. The molecule has 3 aromatic rings. The quantitative estimate of drug-likeness (QED) is 0.709. The Morgan fingerprint density at radius 2 is 1.89 bits per heavy atom. The molecule has 0 amide bonds. The van der Waals surface area contributed by atoms with E-state index >= 15 is 0 Å². The highest BCUT2D eigenvalue weighted by atomic mass is 15.3. The standard InChI is InChI=1S/C14H14N4/c1-9-3-4-11(7-10(9)2)14-16-13-8-12(15)5-6-18(13)17-14/h3-8H,15H2,1-2H3. The van der Waals surface area contributed by atoms with Gasteiger partial charge in [-0.1, -0.05) is 12.1 Å². The molecule has 0 fully saturated rings. The van der Waals surface area contributed by atoms with E-state index in [2.05, 4.69) is 36.1 Å². The molecule has 4 nitrogen and oxygen atoms in total. The molecule has 0 aliphatic carbocycles. The number of pyridine rings is 1. The van der Waals surface area contributed by atoms with E-state index in [1.807, 2.05) is 24.4 Å². The number of aryl methyl sites for hydroxylation is 2. The van der Waals surface area contributed by atoms with E-state index < -0.39 is 0 Å². The predicted octanol–water partition coefficient (Wildman–Crippen LogP) is 2.60. The topological polar surface area (TPSA) is 56.2 Å². The minimum absolute atomic E-state index is 0.696. The molecule has 0 atom stereocenters. The van der Waals surface area contributed by atoms with Gasteiger partial charge in [0.2, 0.25) is 0 Å². The van der Waals surface area contributed by atoms with Gasteiger partial charge in [0.1, 0.15) is 0 Å². The van der Waals surface area contributed by atoms with Gasteiger partial charge in [0, 0.05) is 23.5 Å². The maximum atomic E-state index is 5.73. The molecule has 2 heterocycles. The van der Waals surface area contributed by atoms with Gasteiger partial charge in [-0.3, -0.25) is 0 Å². The predicted molar refractivity (Wildman–Crippen MR) is 72.3 cm³/mol. The summed E-state index contributed by atoms with van der Waals surface area (Å²) in [6.45, 7) is 4.18. The van der Waals surface area contributed by atoms with Crippen molar-refractivity contribution in [1.29, 1.82) is 0 Å². The summed E-state index contributed by atoms with van der Waals surface area (Å²) in [6.07, 6.45) is 1.82. The lowest BCUT2D eigenvalue weighted by Gasteiger charge is -2.00. The van der Waals surface area contributed by atoms with Crippen LogP contribution < -0.4 is 5.73 Å². The molecule has 0 bridgehead atoms. The summed E-state index contributed by atoms with van der Waals surface area (Å²) in [4.78, 5) is 4.49. The third-order valence-electron chi connectivity index (χ3n) is 3.13. The third kappa shape index (κ3) is 1.72. The molecule has 0 aliphatic rings. The average molecular weight is 238 g/mol. The second-order valence-corrected chi connectivity index (χ2v) is 4.50. The number of rotatable bonds is 1. The lowest BCUT2D eigenvalue weighted by molar-refractivity contribution is 0.966. The van der Waals surface area contributed by atoms with Crippen LogP contribution in [-0.4, -0.2) is 14.6 Å². The number of anilines is 1. The van der Waals surface area contributed by atoms with Crippen LogP contribution in [0.4, 0.5) is 5.69 Å². The van der Waals surface area contributed by atoms with Gasteiger partial charge in [-0.2, -0.15) is 0 Å². The zero-order chi connectivity index (χ0) is 12.7. The zero-order valence-electron chi connectivity index (χ0n) is 10.4. The van der Waals surface area contributed by atoms with Crippen molar-refractivity contribution in [3.8, 4) is 11.4 Å². The van der Waals surface area contributed by atoms with Crippen molar-refractivity contribution >= 4 is 11.3 Å². The van der Waals surface area contributed by atoms with E-state index in [4.69, 9.17) is 5.73 Å². The molecule has 0 spiro atoms. The average Bonchev–Trinajstić information content (AvgIpc) is 2.75. The van der Waals surface area contributed by atoms with Crippen molar-refractivity contribution in [1.82, 2.24) is 14.6 Å². The van der Waals surface area contributed by atoms with E-state index in [-0.39, 0.29) is 0 Å². The first-order valence-corrected chi connectivity index (χ1v) is 5.83. The van der Waals surface area contributed by atoms with Crippen molar-refractivity contribution in [3.63, 3.8) is 0 Å². The summed E-state index contributed by atoms with van der Waals surface area (Å²) >= 11 is 0. The van der Waals surface area contributed by atoms with Gasteiger partial charge in [-0.25, -0.2) is 9.50 Å². The fourth-order valence-corrected chi connectivity index (χ4v) is 1.90. The summed E-state index contributed by atoms with van der Waals surface area (Å²) in [6, 6.07) is 9.86. The summed E-state index contributed by atoms with van der Waals surface area (Å²) in [7, 11) is 0. The maximum Gasteiger partial charge on any atom is 0.182 e. The molecule has 0 radical (unpaired) electrons. The van der Waals surface area contributed by atoms with E-state index in [1.165, 1.54) is 11.1 Å². The SMILES string of the molecule is Cc1ccc(-c2nc3cc(N)ccn3n2)cc1C. The number of hydrogen-bond donors (Lipinski definition) is 1. The first-order chi connectivity index (χ1) is 8.63. The Morgan fingerprint density at radius 1 is 1.06 bits per heavy atom. The lowest BCUT2D eigenvalue weighted by atomic mass is 10.1. The summed E-state index contributed by atoms with van der Waals surface area (Å²) in [5.41, 5.74) is 10.7. The second-order valence-electron chi connectivity index (χ2n) is 4.50. The van der Waals surface area contributed by atoms with Crippen molar-refractivity contribution < 1.29 is 0 Å². The minimum Gasteiger partial charge on any atom is -0.399 e. The van der Waals surface area contributed by atoms with Gasteiger partial charge in [0.05, 0.1) is 0 Å². The van der Waals surface area contributed by atoms with Crippen molar-refractivity contribution in [2.45, 2.75) is 13.8 Å². The fourth-order valence-electron chi connectivity index (χ4n) is 1.90. The number of nitrogens with two attached hydrogens (primary N) is 1. The highest BCUT2D eigenvalue weighted by Gasteiger charge is 2.07. The number of aromatic nitrogens is 3. The van der Waals surface area contributed by atoms with E-state index in [0.717, 1.165) is 17.0 Å². The van der Waals surface area contributed by atoms with Gasteiger partial charge < -0.3 is 5.73 Å². The monoisotopic (exact) mass is 238 g/mol.